The zero-order valence-electron chi connectivity index (χ0n) is 8.29. The molecule has 15 heavy (non-hydrogen) atoms. The van der Waals surface area contributed by atoms with Crippen LogP contribution < -0.4 is 0 Å². The van der Waals surface area contributed by atoms with E-state index < -0.39 is 5.41 Å². The van der Waals surface area contributed by atoms with Gasteiger partial charge in [-0.2, -0.15) is 0 Å². The van der Waals surface area contributed by atoms with Crippen molar-refractivity contribution in [1.82, 2.24) is 0 Å². The zero-order valence-corrected chi connectivity index (χ0v) is 9.86. The number of rotatable bonds is 3. The molecule has 0 aliphatic carbocycles. The van der Waals surface area contributed by atoms with Crippen LogP contribution in [0, 0.1) is 0 Å². The summed E-state index contributed by atoms with van der Waals surface area (Å²) in [6.07, 6.45) is 0. The normalized spacial score (nSPS) is 18.3. The van der Waals surface area contributed by atoms with Gasteiger partial charge in [-0.25, -0.2) is 0 Å². The number of carbonyl (C=O) groups excluding carboxylic acids is 1. The standard InChI is InChI=1S/C10H11ClO3S/c1-2-14-9(12)10(5-13-6-10)7-3-4-8(11)15-7/h3-4H,2,5-6H2,1H3. The first-order chi connectivity index (χ1) is 7.19. The zero-order chi connectivity index (χ0) is 10.9. The number of ether oxygens (including phenoxy) is 2. The van der Waals surface area contributed by atoms with Crippen LogP contribution in [0.15, 0.2) is 12.1 Å². The van der Waals surface area contributed by atoms with Gasteiger partial charge in [0.1, 0.15) is 5.41 Å². The Morgan fingerprint density at radius 1 is 1.67 bits per heavy atom. The average Bonchev–Trinajstić information content (AvgIpc) is 2.51. The monoisotopic (exact) mass is 246 g/mol. The van der Waals surface area contributed by atoms with Crippen molar-refractivity contribution >= 4 is 28.9 Å². The van der Waals surface area contributed by atoms with Crippen molar-refractivity contribution < 1.29 is 14.3 Å². The summed E-state index contributed by atoms with van der Waals surface area (Å²) < 4.78 is 10.9. The van der Waals surface area contributed by atoms with E-state index in [4.69, 9.17) is 21.1 Å². The van der Waals surface area contributed by atoms with Crippen LogP contribution in [-0.4, -0.2) is 25.8 Å². The van der Waals surface area contributed by atoms with Gasteiger partial charge in [0.2, 0.25) is 0 Å². The first-order valence-electron chi connectivity index (χ1n) is 4.70. The maximum Gasteiger partial charge on any atom is 0.322 e. The highest BCUT2D eigenvalue weighted by Crippen LogP contribution is 2.39. The van der Waals surface area contributed by atoms with Crippen LogP contribution in [0.4, 0.5) is 0 Å². The Morgan fingerprint density at radius 2 is 2.40 bits per heavy atom. The minimum atomic E-state index is -0.603. The predicted octanol–water partition coefficient (Wildman–Crippen LogP) is 2.23. The first-order valence-corrected chi connectivity index (χ1v) is 5.89. The van der Waals surface area contributed by atoms with Crippen molar-refractivity contribution in [2.24, 2.45) is 0 Å². The van der Waals surface area contributed by atoms with Gasteiger partial charge >= 0.3 is 5.97 Å². The van der Waals surface area contributed by atoms with Gasteiger partial charge in [-0.1, -0.05) is 11.6 Å². The predicted molar refractivity (Wildman–Crippen MR) is 58.5 cm³/mol. The minimum Gasteiger partial charge on any atom is -0.465 e. The Hall–Kier alpha value is -0.580. The molecule has 1 saturated heterocycles. The highest BCUT2D eigenvalue weighted by Gasteiger charge is 2.50. The number of hydrogen-bond donors (Lipinski definition) is 0. The second-order valence-corrected chi connectivity index (χ2v) is 5.11. The SMILES string of the molecule is CCOC(=O)C1(c2ccc(Cl)s2)COC1. The van der Waals surface area contributed by atoms with E-state index in [0.717, 1.165) is 4.88 Å². The quantitative estimate of drug-likeness (QED) is 0.768. The van der Waals surface area contributed by atoms with Gasteiger partial charge in [0.25, 0.3) is 0 Å². The highest BCUT2D eigenvalue weighted by atomic mass is 35.5. The molecule has 1 aromatic rings. The first kappa shape index (κ1) is 10.9. The number of esters is 1. The van der Waals surface area contributed by atoms with E-state index in [-0.39, 0.29) is 5.97 Å². The van der Waals surface area contributed by atoms with E-state index >= 15 is 0 Å². The molecule has 0 aromatic carbocycles. The number of carbonyl (C=O) groups is 1. The molecule has 0 atom stereocenters. The van der Waals surface area contributed by atoms with Crippen molar-refractivity contribution in [3.63, 3.8) is 0 Å². The Kier molecular flexibility index (Phi) is 3.00. The van der Waals surface area contributed by atoms with Crippen LogP contribution in [-0.2, 0) is 19.7 Å². The third-order valence-corrected chi connectivity index (χ3v) is 3.84. The van der Waals surface area contributed by atoms with E-state index in [1.165, 1.54) is 11.3 Å². The molecule has 2 rings (SSSR count). The lowest BCUT2D eigenvalue weighted by Gasteiger charge is -2.37. The Bertz CT molecular complexity index is 370. The molecule has 1 aliphatic rings. The Labute approximate surface area is 96.9 Å². The van der Waals surface area contributed by atoms with Crippen molar-refractivity contribution in [1.29, 1.82) is 0 Å². The summed E-state index contributed by atoms with van der Waals surface area (Å²) in [5, 5.41) is 0. The van der Waals surface area contributed by atoms with Gasteiger partial charge < -0.3 is 9.47 Å². The van der Waals surface area contributed by atoms with Gasteiger partial charge in [0.05, 0.1) is 24.2 Å². The number of hydrogen-bond acceptors (Lipinski definition) is 4. The molecular weight excluding hydrogens is 236 g/mol. The molecule has 0 bridgehead atoms. The molecule has 2 heterocycles. The van der Waals surface area contributed by atoms with Crippen LogP contribution >= 0.6 is 22.9 Å². The topological polar surface area (TPSA) is 35.5 Å². The molecule has 0 saturated carbocycles. The van der Waals surface area contributed by atoms with E-state index in [1.54, 1.807) is 13.0 Å². The van der Waals surface area contributed by atoms with Gasteiger partial charge in [-0.05, 0) is 19.1 Å². The highest BCUT2D eigenvalue weighted by molar-refractivity contribution is 7.16. The van der Waals surface area contributed by atoms with Crippen LogP contribution in [0.2, 0.25) is 4.34 Å². The summed E-state index contributed by atoms with van der Waals surface area (Å²) in [4.78, 5) is 12.7. The molecule has 3 nitrogen and oxygen atoms in total. The fraction of sp³-hybridized carbons (Fsp3) is 0.500. The van der Waals surface area contributed by atoms with Crippen LogP contribution in [0.5, 0.6) is 0 Å². The van der Waals surface area contributed by atoms with Gasteiger partial charge in [0, 0.05) is 4.88 Å². The fourth-order valence-electron chi connectivity index (χ4n) is 1.51. The second kappa shape index (κ2) is 4.12. The van der Waals surface area contributed by atoms with Gasteiger partial charge in [-0.15, -0.1) is 11.3 Å². The third kappa shape index (κ3) is 1.77. The van der Waals surface area contributed by atoms with Crippen molar-refractivity contribution in [2.75, 3.05) is 19.8 Å². The van der Waals surface area contributed by atoms with E-state index in [2.05, 4.69) is 0 Å². The van der Waals surface area contributed by atoms with Crippen LogP contribution in [0.25, 0.3) is 0 Å². The molecular formula is C10H11ClO3S. The summed E-state index contributed by atoms with van der Waals surface area (Å²) >= 11 is 7.26. The van der Waals surface area contributed by atoms with Crippen molar-refractivity contribution in [3.8, 4) is 0 Å². The maximum atomic E-state index is 11.8. The van der Waals surface area contributed by atoms with E-state index in [0.29, 0.717) is 24.2 Å². The maximum absolute atomic E-state index is 11.8. The summed E-state index contributed by atoms with van der Waals surface area (Å²) in [5.41, 5.74) is -0.603. The lowest BCUT2D eigenvalue weighted by molar-refractivity contribution is -0.168. The molecule has 0 radical (unpaired) electrons. The van der Waals surface area contributed by atoms with Gasteiger partial charge in [0.15, 0.2) is 0 Å². The molecule has 0 amide bonds. The van der Waals surface area contributed by atoms with E-state index in [9.17, 15) is 4.79 Å². The second-order valence-electron chi connectivity index (χ2n) is 3.40. The number of thiophene rings is 1. The molecule has 82 valence electrons. The molecule has 0 N–H and O–H groups in total. The fourth-order valence-corrected chi connectivity index (χ4v) is 2.70. The number of halogens is 1. The molecule has 1 aliphatic heterocycles. The lowest BCUT2D eigenvalue weighted by atomic mass is 9.84. The van der Waals surface area contributed by atoms with Crippen LogP contribution in [0.1, 0.15) is 11.8 Å². The molecule has 0 spiro atoms. The summed E-state index contributed by atoms with van der Waals surface area (Å²) in [5.74, 6) is -0.213. The summed E-state index contributed by atoms with van der Waals surface area (Å²) in [6.45, 7) is 2.97. The third-order valence-electron chi connectivity index (χ3n) is 2.41. The molecule has 5 heteroatoms. The smallest absolute Gasteiger partial charge is 0.322 e. The molecule has 1 fully saturated rings. The van der Waals surface area contributed by atoms with Crippen LogP contribution in [0.3, 0.4) is 0 Å². The summed E-state index contributed by atoms with van der Waals surface area (Å²) in [7, 11) is 0. The van der Waals surface area contributed by atoms with Gasteiger partial charge in [-0.3, -0.25) is 4.79 Å². The largest absolute Gasteiger partial charge is 0.465 e. The summed E-state index contributed by atoms with van der Waals surface area (Å²) in [6, 6.07) is 3.66. The Morgan fingerprint density at radius 3 is 2.80 bits per heavy atom. The molecule has 1 aromatic heterocycles. The minimum absolute atomic E-state index is 0.213. The lowest BCUT2D eigenvalue weighted by Crippen LogP contribution is -2.53. The van der Waals surface area contributed by atoms with Crippen molar-refractivity contribution in [2.45, 2.75) is 12.3 Å². The van der Waals surface area contributed by atoms with E-state index in [1.807, 2.05) is 6.07 Å². The average molecular weight is 247 g/mol. The Balaban J connectivity index is 2.25. The van der Waals surface area contributed by atoms with Crippen molar-refractivity contribution in [3.05, 3.63) is 21.3 Å². The molecule has 0 unspecified atom stereocenters.